The molecule has 1 aliphatic rings. The Morgan fingerprint density at radius 2 is 1.81 bits per heavy atom. The Labute approximate surface area is 99.1 Å². The lowest BCUT2D eigenvalue weighted by atomic mass is 10.0. The quantitative estimate of drug-likeness (QED) is 0.738. The van der Waals surface area contributed by atoms with Crippen LogP contribution in [0.4, 0.5) is 0 Å². The van der Waals surface area contributed by atoms with Crippen LogP contribution in [0, 0.1) is 5.92 Å². The Bertz CT molecular complexity index is 220. The van der Waals surface area contributed by atoms with Crippen molar-refractivity contribution < 1.29 is 9.53 Å². The summed E-state index contributed by atoms with van der Waals surface area (Å²) in [4.78, 5) is 14.3. The summed E-state index contributed by atoms with van der Waals surface area (Å²) >= 11 is 0. The molecule has 1 fully saturated rings. The summed E-state index contributed by atoms with van der Waals surface area (Å²) < 4.78 is 5.35. The zero-order valence-electron chi connectivity index (χ0n) is 11.0. The topological polar surface area (TPSA) is 29.5 Å². The molecule has 0 N–H and O–H groups in total. The lowest BCUT2D eigenvalue weighted by molar-refractivity contribution is -0.138. The summed E-state index contributed by atoms with van der Waals surface area (Å²) in [6, 6.07) is 0.689. The first-order valence-electron chi connectivity index (χ1n) is 6.41. The van der Waals surface area contributed by atoms with Gasteiger partial charge in [-0.05, 0) is 32.6 Å². The smallest absolute Gasteiger partial charge is 0.223 e. The highest BCUT2D eigenvalue weighted by atomic mass is 16.5. The van der Waals surface area contributed by atoms with Gasteiger partial charge in [-0.1, -0.05) is 13.8 Å². The summed E-state index contributed by atoms with van der Waals surface area (Å²) in [6.07, 6.45) is 2.64. The average molecular weight is 227 g/mol. The molecular formula is C13H25NO2. The van der Waals surface area contributed by atoms with Crippen molar-refractivity contribution >= 4 is 5.91 Å². The Hall–Kier alpha value is -0.570. The molecule has 1 saturated heterocycles. The monoisotopic (exact) mass is 227 g/mol. The fraction of sp³-hybridized carbons (Fsp3) is 0.923. The molecule has 0 bridgehead atoms. The van der Waals surface area contributed by atoms with E-state index in [0.29, 0.717) is 30.3 Å². The summed E-state index contributed by atoms with van der Waals surface area (Å²) in [5.41, 5.74) is 0. The minimum Gasteiger partial charge on any atom is -0.381 e. The van der Waals surface area contributed by atoms with Crippen LogP contribution in [0.2, 0.25) is 0 Å². The summed E-state index contributed by atoms with van der Waals surface area (Å²) in [6.45, 7) is 9.99. The average Bonchev–Trinajstić information content (AvgIpc) is 2.17. The largest absolute Gasteiger partial charge is 0.381 e. The van der Waals surface area contributed by atoms with Crippen molar-refractivity contribution in [3.63, 3.8) is 0 Å². The van der Waals surface area contributed by atoms with Gasteiger partial charge in [0.05, 0.1) is 0 Å². The standard InChI is InChI=1S/C13H25NO2/c1-10(2)9-13(15)14(11(3)4)12-5-7-16-8-6-12/h10-12H,5-9H2,1-4H3. The molecule has 1 rings (SSSR count). The van der Waals surface area contributed by atoms with E-state index in [9.17, 15) is 4.79 Å². The van der Waals surface area contributed by atoms with Crippen LogP contribution < -0.4 is 0 Å². The fourth-order valence-corrected chi connectivity index (χ4v) is 2.33. The maximum atomic E-state index is 12.2. The van der Waals surface area contributed by atoms with Crippen LogP contribution in [-0.4, -0.2) is 36.1 Å². The number of amides is 1. The van der Waals surface area contributed by atoms with Crippen molar-refractivity contribution in [1.29, 1.82) is 0 Å². The van der Waals surface area contributed by atoms with E-state index >= 15 is 0 Å². The van der Waals surface area contributed by atoms with Gasteiger partial charge in [0.15, 0.2) is 0 Å². The van der Waals surface area contributed by atoms with Gasteiger partial charge in [-0.15, -0.1) is 0 Å². The normalized spacial score (nSPS) is 18.1. The molecule has 0 radical (unpaired) electrons. The highest BCUT2D eigenvalue weighted by Crippen LogP contribution is 2.19. The molecule has 0 spiro atoms. The third-order valence-corrected chi connectivity index (χ3v) is 3.01. The lowest BCUT2D eigenvalue weighted by Crippen LogP contribution is -2.47. The first kappa shape index (κ1) is 13.5. The van der Waals surface area contributed by atoms with Gasteiger partial charge in [0.1, 0.15) is 0 Å². The van der Waals surface area contributed by atoms with Crippen molar-refractivity contribution in [3.8, 4) is 0 Å². The van der Waals surface area contributed by atoms with Crippen LogP contribution in [0.1, 0.15) is 47.0 Å². The molecule has 0 aromatic carbocycles. The van der Waals surface area contributed by atoms with E-state index < -0.39 is 0 Å². The van der Waals surface area contributed by atoms with Crippen molar-refractivity contribution in [2.24, 2.45) is 5.92 Å². The second-order valence-corrected chi connectivity index (χ2v) is 5.34. The number of ether oxygens (including phenoxy) is 1. The van der Waals surface area contributed by atoms with Crippen LogP contribution in [0.5, 0.6) is 0 Å². The number of hydrogen-bond donors (Lipinski definition) is 0. The number of nitrogens with zero attached hydrogens (tertiary/aromatic N) is 1. The minimum atomic E-state index is 0.300. The SMILES string of the molecule is CC(C)CC(=O)N(C(C)C)C1CCOCC1. The highest BCUT2D eigenvalue weighted by molar-refractivity contribution is 5.77. The molecule has 0 saturated carbocycles. The second kappa shape index (κ2) is 6.24. The molecule has 0 aromatic rings. The van der Waals surface area contributed by atoms with Crippen LogP contribution in [0.3, 0.4) is 0 Å². The van der Waals surface area contributed by atoms with Gasteiger partial charge in [0.25, 0.3) is 0 Å². The molecule has 3 heteroatoms. The first-order valence-corrected chi connectivity index (χ1v) is 6.41. The minimum absolute atomic E-state index is 0.300. The Balaban J connectivity index is 2.61. The molecule has 0 unspecified atom stereocenters. The van der Waals surface area contributed by atoms with E-state index in [4.69, 9.17) is 4.74 Å². The third kappa shape index (κ3) is 3.78. The highest BCUT2D eigenvalue weighted by Gasteiger charge is 2.27. The predicted octanol–water partition coefficient (Wildman–Crippen LogP) is 2.45. The maximum absolute atomic E-state index is 12.2. The van der Waals surface area contributed by atoms with E-state index in [1.54, 1.807) is 0 Å². The first-order chi connectivity index (χ1) is 7.52. The zero-order valence-corrected chi connectivity index (χ0v) is 11.0. The number of rotatable bonds is 4. The fourth-order valence-electron chi connectivity index (χ4n) is 2.33. The molecular weight excluding hydrogens is 202 g/mol. The Morgan fingerprint density at radius 3 is 2.25 bits per heavy atom. The van der Waals surface area contributed by atoms with Crippen LogP contribution in [0.15, 0.2) is 0 Å². The number of carbonyl (C=O) groups excluding carboxylic acids is 1. The van der Waals surface area contributed by atoms with Crippen LogP contribution >= 0.6 is 0 Å². The van der Waals surface area contributed by atoms with E-state index in [2.05, 4.69) is 32.6 Å². The van der Waals surface area contributed by atoms with E-state index in [-0.39, 0.29) is 0 Å². The molecule has 1 amide bonds. The summed E-state index contributed by atoms with van der Waals surface area (Å²) in [5.74, 6) is 0.741. The predicted molar refractivity (Wildman–Crippen MR) is 65.3 cm³/mol. The molecule has 0 atom stereocenters. The van der Waals surface area contributed by atoms with Gasteiger partial charge in [-0.25, -0.2) is 0 Å². The Kier molecular flexibility index (Phi) is 5.26. The van der Waals surface area contributed by atoms with Crippen LogP contribution in [-0.2, 0) is 9.53 Å². The molecule has 16 heavy (non-hydrogen) atoms. The van der Waals surface area contributed by atoms with Crippen molar-refractivity contribution in [2.75, 3.05) is 13.2 Å². The number of hydrogen-bond acceptors (Lipinski definition) is 2. The third-order valence-electron chi connectivity index (χ3n) is 3.01. The molecule has 0 aromatic heterocycles. The molecule has 0 aliphatic carbocycles. The number of carbonyl (C=O) groups is 1. The zero-order chi connectivity index (χ0) is 12.1. The van der Waals surface area contributed by atoms with Gasteiger partial charge in [-0.3, -0.25) is 4.79 Å². The van der Waals surface area contributed by atoms with Gasteiger partial charge < -0.3 is 9.64 Å². The van der Waals surface area contributed by atoms with E-state index in [1.807, 2.05) is 0 Å². The maximum Gasteiger partial charge on any atom is 0.223 e. The van der Waals surface area contributed by atoms with Gasteiger partial charge in [0.2, 0.25) is 5.91 Å². The van der Waals surface area contributed by atoms with Gasteiger partial charge in [-0.2, -0.15) is 0 Å². The van der Waals surface area contributed by atoms with Gasteiger partial charge >= 0.3 is 0 Å². The Morgan fingerprint density at radius 1 is 1.25 bits per heavy atom. The molecule has 94 valence electrons. The van der Waals surface area contributed by atoms with Crippen LogP contribution in [0.25, 0.3) is 0 Å². The lowest BCUT2D eigenvalue weighted by Gasteiger charge is -2.37. The summed E-state index contributed by atoms with van der Waals surface area (Å²) in [7, 11) is 0. The van der Waals surface area contributed by atoms with Crippen molar-refractivity contribution in [1.82, 2.24) is 4.90 Å². The summed E-state index contributed by atoms with van der Waals surface area (Å²) in [5, 5.41) is 0. The molecule has 1 aliphatic heterocycles. The van der Waals surface area contributed by atoms with E-state index in [0.717, 1.165) is 26.1 Å². The van der Waals surface area contributed by atoms with Crippen molar-refractivity contribution in [2.45, 2.75) is 59.0 Å². The molecule has 3 nitrogen and oxygen atoms in total. The van der Waals surface area contributed by atoms with E-state index in [1.165, 1.54) is 0 Å². The second-order valence-electron chi connectivity index (χ2n) is 5.34. The van der Waals surface area contributed by atoms with Crippen molar-refractivity contribution in [3.05, 3.63) is 0 Å². The van der Waals surface area contributed by atoms with Gasteiger partial charge in [0, 0.05) is 31.7 Å². The molecule has 1 heterocycles.